The number of amides is 2. The van der Waals surface area contributed by atoms with Crippen LogP contribution in [0.4, 0.5) is 4.79 Å². The first-order chi connectivity index (χ1) is 9.97. The molecule has 112 valence electrons. The minimum atomic E-state index is -1.16. The van der Waals surface area contributed by atoms with Gasteiger partial charge >= 0.3 is 12.0 Å². The summed E-state index contributed by atoms with van der Waals surface area (Å²) < 4.78 is 4.74. The molecule has 0 fully saturated rings. The maximum absolute atomic E-state index is 11.9. The van der Waals surface area contributed by atoms with Gasteiger partial charge in [0.25, 0.3) is 0 Å². The molecule has 7 nitrogen and oxygen atoms in total. The number of nitrogens with zero attached hydrogens (tertiary/aromatic N) is 2. The number of hydrogen-bond acceptors (Lipinski definition) is 4. The molecule has 0 aliphatic heterocycles. The van der Waals surface area contributed by atoms with Crippen molar-refractivity contribution < 1.29 is 19.4 Å². The highest BCUT2D eigenvalue weighted by Gasteiger charge is 2.21. The average Bonchev–Trinajstić information content (AvgIpc) is 2.46. The van der Waals surface area contributed by atoms with Crippen molar-refractivity contribution in [1.82, 2.24) is 10.2 Å². The van der Waals surface area contributed by atoms with Gasteiger partial charge in [0.1, 0.15) is 0 Å². The van der Waals surface area contributed by atoms with Crippen LogP contribution in [-0.2, 0) is 16.1 Å². The molecule has 2 N–H and O–H groups in total. The first kappa shape index (κ1) is 16.5. The number of nitrogens with one attached hydrogen (secondary N) is 1. The van der Waals surface area contributed by atoms with Crippen molar-refractivity contribution in [1.29, 1.82) is 5.26 Å². The number of carbonyl (C=O) groups is 2. The molecule has 1 aromatic rings. The zero-order chi connectivity index (χ0) is 15.8. The van der Waals surface area contributed by atoms with Gasteiger partial charge in [0, 0.05) is 20.7 Å². The van der Waals surface area contributed by atoms with Gasteiger partial charge in [0.05, 0.1) is 18.2 Å². The number of methoxy groups -OCH3 is 1. The second-order valence-electron chi connectivity index (χ2n) is 4.46. The van der Waals surface area contributed by atoms with E-state index in [-0.39, 0.29) is 13.2 Å². The van der Waals surface area contributed by atoms with Gasteiger partial charge in [-0.3, -0.25) is 0 Å². The second-order valence-corrected chi connectivity index (χ2v) is 4.46. The van der Waals surface area contributed by atoms with Gasteiger partial charge in [-0.15, -0.1) is 0 Å². The van der Waals surface area contributed by atoms with E-state index >= 15 is 0 Å². The van der Waals surface area contributed by atoms with Gasteiger partial charge in [-0.25, -0.2) is 9.59 Å². The summed E-state index contributed by atoms with van der Waals surface area (Å²) in [5, 5.41) is 20.1. The number of hydrogen-bond donors (Lipinski definition) is 2. The van der Waals surface area contributed by atoms with Crippen molar-refractivity contribution in [3.8, 4) is 6.07 Å². The fourth-order valence-electron chi connectivity index (χ4n) is 1.69. The highest BCUT2D eigenvalue weighted by Crippen LogP contribution is 2.07. The summed E-state index contributed by atoms with van der Waals surface area (Å²) in [4.78, 5) is 24.2. The highest BCUT2D eigenvalue weighted by atomic mass is 16.5. The van der Waals surface area contributed by atoms with Gasteiger partial charge < -0.3 is 20.1 Å². The first-order valence-electron chi connectivity index (χ1n) is 6.20. The lowest BCUT2D eigenvalue weighted by molar-refractivity contribution is -0.140. The Morgan fingerprint density at radius 2 is 2.24 bits per heavy atom. The zero-order valence-electron chi connectivity index (χ0n) is 11.9. The lowest BCUT2D eigenvalue weighted by atomic mass is 10.1. The number of rotatable bonds is 6. The van der Waals surface area contributed by atoms with Crippen molar-refractivity contribution in [3.05, 3.63) is 35.4 Å². The Morgan fingerprint density at radius 3 is 2.81 bits per heavy atom. The van der Waals surface area contributed by atoms with Crippen LogP contribution in [0.1, 0.15) is 11.1 Å². The highest BCUT2D eigenvalue weighted by molar-refractivity contribution is 5.82. The first-order valence-corrected chi connectivity index (χ1v) is 6.20. The van der Waals surface area contributed by atoms with E-state index in [0.29, 0.717) is 5.56 Å². The quantitative estimate of drug-likeness (QED) is 0.807. The number of benzene rings is 1. The van der Waals surface area contributed by atoms with E-state index in [1.54, 1.807) is 31.3 Å². The molecule has 2 amide bonds. The molecule has 0 saturated heterocycles. The number of aliphatic carboxylic acids is 1. The van der Waals surface area contributed by atoms with Gasteiger partial charge in [0.2, 0.25) is 0 Å². The Balaban J connectivity index is 2.65. The lowest BCUT2D eigenvalue weighted by Gasteiger charge is -2.21. The van der Waals surface area contributed by atoms with Crippen LogP contribution in [-0.4, -0.2) is 48.8 Å². The minimum absolute atomic E-state index is 0.112. The van der Waals surface area contributed by atoms with E-state index in [1.165, 1.54) is 12.0 Å². The van der Waals surface area contributed by atoms with E-state index in [4.69, 9.17) is 15.1 Å². The molecule has 0 aliphatic rings. The third-order valence-electron chi connectivity index (χ3n) is 2.75. The SMILES string of the molecule is COCC(NC(=O)N(C)Cc1cccc(C#N)c1)C(=O)O. The molecular weight excluding hydrogens is 274 g/mol. The van der Waals surface area contributed by atoms with Crippen molar-refractivity contribution in [2.45, 2.75) is 12.6 Å². The summed E-state index contributed by atoms with van der Waals surface area (Å²) in [5.74, 6) is -1.16. The average molecular weight is 291 g/mol. The summed E-state index contributed by atoms with van der Waals surface area (Å²) in [7, 11) is 2.90. The molecule has 21 heavy (non-hydrogen) atoms. The molecule has 0 saturated carbocycles. The standard InChI is InChI=1S/C14H17N3O4/c1-17(8-11-5-3-4-10(6-11)7-15)14(20)16-12(9-21-2)13(18)19/h3-6,12H,8-9H2,1-2H3,(H,16,20)(H,18,19). The molecule has 0 aliphatic carbocycles. The van der Waals surface area contributed by atoms with Crippen LogP contribution in [0.5, 0.6) is 0 Å². The van der Waals surface area contributed by atoms with Crippen LogP contribution in [0.2, 0.25) is 0 Å². The summed E-state index contributed by atoms with van der Waals surface area (Å²) in [5.41, 5.74) is 1.29. The van der Waals surface area contributed by atoms with Crippen molar-refractivity contribution in [3.63, 3.8) is 0 Å². The third-order valence-corrected chi connectivity index (χ3v) is 2.75. The molecule has 1 rings (SSSR count). The Labute approximate surface area is 122 Å². The number of carboxylic acid groups (broad SMARTS) is 1. The Bertz CT molecular complexity index is 553. The zero-order valence-corrected chi connectivity index (χ0v) is 11.9. The molecule has 0 radical (unpaired) electrons. The van der Waals surface area contributed by atoms with Crippen LogP contribution in [0.15, 0.2) is 24.3 Å². The number of carbonyl (C=O) groups excluding carboxylic acids is 1. The lowest BCUT2D eigenvalue weighted by Crippen LogP contribution is -2.48. The monoisotopic (exact) mass is 291 g/mol. The van der Waals surface area contributed by atoms with Crippen molar-refractivity contribution in [2.24, 2.45) is 0 Å². The third kappa shape index (κ3) is 5.12. The van der Waals surface area contributed by atoms with Crippen LogP contribution >= 0.6 is 0 Å². The van der Waals surface area contributed by atoms with Gasteiger partial charge in [0.15, 0.2) is 6.04 Å². The molecule has 0 bridgehead atoms. The molecule has 1 aromatic carbocycles. The molecule has 0 aromatic heterocycles. The summed E-state index contributed by atoms with van der Waals surface area (Å²) in [6.07, 6.45) is 0. The fourth-order valence-corrected chi connectivity index (χ4v) is 1.69. The van der Waals surface area contributed by atoms with Crippen LogP contribution in [0.25, 0.3) is 0 Å². The van der Waals surface area contributed by atoms with Crippen LogP contribution in [0.3, 0.4) is 0 Å². The van der Waals surface area contributed by atoms with Gasteiger partial charge in [-0.05, 0) is 17.7 Å². The Morgan fingerprint density at radius 1 is 1.52 bits per heavy atom. The van der Waals surface area contributed by atoms with Gasteiger partial charge in [-0.2, -0.15) is 5.26 Å². The summed E-state index contributed by atoms with van der Waals surface area (Å²) in [6.45, 7) is 0.152. The molecule has 0 spiro atoms. The summed E-state index contributed by atoms with van der Waals surface area (Å²) in [6, 6.07) is 7.25. The molecule has 7 heteroatoms. The molecule has 1 atom stereocenters. The Hall–Kier alpha value is -2.59. The molecular formula is C14H17N3O4. The predicted octanol–water partition coefficient (Wildman–Crippen LogP) is 0.799. The van der Waals surface area contributed by atoms with E-state index in [1.807, 2.05) is 6.07 Å². The Kier molecular flexibility index (Phi) is 6.17. The van der Waals surface area contributed by atoms with Crippen LogP contribution in [0, 0.1) is 11.3 Å². The maximum atomic E-state index is 11.9. The number of ether oxygens (including phenoxy) is 1. The molecule has 1 unspecified atom stereocenters. The van der Waals surface area contributed by atoms with E-state index in [9.17, 15) is 9.59 Å². The second kappa shape index (κ2) is 7.87. The van der Waals surface area contributed by atoms with Crippen LogP contribution < -0.4 is 5.32 Å². The smallest absolute Gasteiger partial charge is 0.328 e. The van der Waals surface area contributed by atoms with Gasteiger partial charge in [-0.1, -0.05) is 12.1 Å². The van der Waals surface area contributed by atoms with E-state index < -0.39 is 18.0 Å². The number of carboxylic acids is 1. The number of urea groups is 1. The molecule has 0 heterocycles. The van der Waals surface area contributed by atoms with E-state index in [0.717, 1.165) is 5.56 Å². The minimum Gasteiger partial charge on any atom is -0.480 e. The fraction of sp³-hybridized carbons (Fsp3) is 0.357. The summed E-state index contributed by atoms with van der Waals surface area (Å²) >= 11 is 0. The van der Waals surface area contributed by atoms with E-state index in [2.05, 4.69) is 5.32 Å². The number of nitriles is 1. The normalized spacial score (nSPS) is 11.3. The maximum Gasteiger partial charge on any atom is 0.328 e. The topological polar surface area (TPSA) is 103 Å². The predicted molar refractivity (Wildman–Crippen MR) is 74.5 cm³/mol. The van der Waals surface area contributed by atoms with Crippen molar-refractivity contribution in [2.75, 3.05) is 20.8 Å². The largest absolute Gasteiger partial charge is 0.480 e. The van der Waals surface area contributed by atoms with Crippen molar-refractivity contribution >= 4 is 12.0 Å².